The van der Waals surface area contributed by atoms with Gasteiger partial charge in [-0.15, -0.1) is 21.5 Å². The molecule has 3 aromatic rings. The van der Waals surface area contributed by atoms with Crippen LogP contribution in [0.2, 0.25) is 0 Å². The summed E-state index contributed by atoms with van der Waals surface area (Å²) in [6.45, 7) is 2.82. The molecular weight excluding hydrogens is 322 g/mol. The predicted octanol–water partition coefficient (Wildman–Crippen LogP) is 3.92. The summed E-state index contributed by atoms with van der Waals surface area (Å²) in [6.07, 6.45) is 2.44. The van der Waals surface area contributed by atoms with Crippen LogP contribution >= 0.6 is 11.3 Å². The SMILES string of the molecule is CCc1nc(Cc2nnc([C@H]3CCO[C@@H]3c3ccccc3)o2)cs1. The number of hydrogen-bond donors (Lipinski definition) is 0. The van der Waals surface area contributed by atoms with E-state index in [1.165, 1.54) is 0 Å². The maximum absolute atomic E-state index is 5.93. The fraction of sp³-hybridized carbons (Fsp3) is 0.389. The number of thiazole rings is 1. The molecule has 0 N–H and O–H groups in total. The van der Waals surface area contributed by atoms with Crippen LogP contribution < -0.4 is 0 Å². The number of hydrogen-bond acceptors (Lipinski definition) is 6. The van der Waals surface area contributed by atoms with Crippen molar-refractivity contribution in [3.63, 3.8) is 0 Å². The molecule has 2 atom stereocenters. The summed E-state index contributed by atoms with van der Waals surface area (Å²) in [4.78, 5) is 4.56. The molecule has 1 aliphatic heterocycles. The van der Waals surface area contributed by atoms with Crippen molar-refractivity contribution in [1.82, 2.24) is 15.2 Å². The van der Waals surface area contributed by atoms with E-state index in [2.05, 4.69) is 39.6 Å². The molecule has 0 radical (unpaired) electrons. The topological polar surface area (TPSA) is 61.0 Å². The Balaban J connectivity index is 1.51. The molecule has 4 rings (SSSR count). The van der Waals surface area contributed by atoms with E-state index in [4.69, 9.17) is 9.15 Å². The van der Waals surface area contributed by atoms with E-state index in [-0.39, 0.29) is 12.0 Å². The molecule has 0 saturated carbocycles. The number of benzene rings is 1. The average Bonchev–Trinajstić information content (AvgIpc) is 3.36. The Morgan fingerprint density at radius 1 is 1.21 bits per heavy atom. The van der Waals surface area contributed by atoms with Crippen molar-refractivity contribution in [2.24, 2.45) is 0 Å². The van der Waals surface area contributed by atoms with Crippen molar-refractivity contribution in [2.45, 2.75) is 38.2 Å². The van der Waals surface area contributed by atoms with Gasteiger partial charge < -0.3 is 9.15 Å². The second kappa shape index (κ2) is 6.83. The molecule has 6 heteroatoms. The Bertz CT molecular complexity index is 799. The molecule has 0 spiro atoms. The smallest absolute Gasteiger partial charge is 0.222 e. The van der Waals surface area contributed by atoms with E-state index in [9.17, 15) is 0 Å². The standard InChI is InChI=1S/C18H19N3O2S/c1-2-16-19-13(11-24-16)10-15-20-21-18(23-15)14-8-9-22-17(14)12-6-4-3-5-7-12/h3-7,11,14,17H,2,8-10H2,1H3/t14-,17+/m0/s1. The van der Waals surface area contributed by atoms with Crippen molar-refractivity contribution in [1.29, 1.82) is 0 Å². The minimum absolute atomic E-state index is 0.00883. The highest BCUT2D eigenvalue weighted by molar-refractivity contribution is 7.09. The predicted molar refractivity (Wildman–Crippen MR) is 91.1 cm³/mol. The number of ether oxygens (including phenoxy) is 1. The maximum Gasteiger partial charge on any atom is 0.222 e. The Kier molecular flexibility index (Phi) is 4.40. The number of rotatable bonds is 5. The summed E-state index contributed by atoms with van der Waals surface area (Å²) in [5.41, 5.74) is 2.15. The van der Waals surface area contributed by atoms with Crippen molar-refractivity contribution in [2.75, 3.05) is 6.61 Å². The zero-order chi connectivity index (χ0) is 16.4. The van der Waals surface area contributed by atoms with Gasteiger partial charge in [0.1, 0.15) is 0 Å². The zero-order valence-electron chi connectivity index (χ0n) is 13.5. The summed E-state index contributed by atoms with van der Waals surface area (Å²) < 4.78 is 11.8. The second-order valence-electron chi connectivity index (χ2n) is 5.89. The highest BCUT2D eigenvalue weighted by Crippen LogP contribution is 2.41. The van der Waals surface area contributed by atoms with Gasteiger partial charge in [0.25, 0.3) is 0 Å². The molecular formula is C18H19N3O2S. The minimum atomic E-state index is -0.00883. The molecule has 124 valence electrons. The molecule has 0 amide bonds. The van der Waals surface area contributed by atoms with Crippen molar-refractivity contribution >= 4 is 11.3 Å². The van der Waals surface area contributed by atoms with Crippen LogP contribution in [0.4, 0.5) is 0 Å². The van der Waals surface area contributed by atoms with Gasteiger partial charge in [-0.25, -0.2) is 4.98 Å². The first kappa shape index (κ1) is 15.5. The summed E-state index contributed by atoms with van der Waals surface area (Å²) in [5, 5.41) is 11.7. The molecule has 1 fully saturated rings. The summed E-state index contributed by atoms with van der Waals surface area (Å²) >= 11 is 1.68. The summed E-state index contributed by atoms with van der Waals surface area (Å²) in [5.74, 6) is 1.41. The van der Waals surface area contributed by atoms with Crippen molar-refractivity contribution in [3.05, 3.63) is 63.8 Å². The fourth-order valence-corrected chi connectivity index (χ4v) is 3.79. The van der Waals surface area contributed by atoms with Gasteiger partial charge in [-0.3, -0.25) is 0 Å². The average molecular weight is 341 g/mol. The van der Waals surface area contributed by atoms with Crippen molar-refractivity contribution in [3.8, 4) is 0 Å². The van der Waals surface area contributed by atoms with Gasteiger partial charge in [0.15, 0.2) is 0 Å². The highest BCUT2D eigenvalue weighted by Gasteiger charge is 2.34. The van der Waals surface area contributed by atoms with Gasteiger partial charge in [0.05, 0.1) is 29.1 Å². The number of aromatic nitrogens is 3. The molecule has 1 aliphatic rings. The van der Waals surface area contributed by atoms with Crippen LogP contribution in [0.15, 0.2) is 40.1 Å². The first-order valence-electron chi connectivity index (χ1n) is 8.25. The molecule has 2 aromatic heterocycles. The molecule has 1 aromatic carbocycles. The lowest BCUT2D eigenvalue weighted by atomic mass is 9.95. The Morgan fingerprint density at radius 3 is 2.88 bits per heavy atom. The first-order valence-corrected chi connectivity index (χ1v) is 9.13. The molecule has 1 saturated heterocycles. The third-order valence-corrected chi connectivity index (χ3v) is 5.30. The van der Waals surface area contributed by atoms with Gasteiger partial charge >= 0.3 is 0 Å². The molecule has 0 aliphatic carbocycles. The van der Waals surface area contributed by atoms with Gasteiger partial charge in [0.2, 0.25) is 11.8 Å². The molecule has 3 heterocycles. The van der Waals surface area contributed by atoms with Crippen LogP contribution in [0.25, 0.3) is 0 Å². The van der Waals surface area contributed by atoms with E-state index in [0.29, 0.717) is 24.8 Å². The fourth-order valence-electron chi connectivity index (χ4n) is 3.05. The monoisotopic (exact) mass is 341 g/mol. The van der Waals surface area contributed by atoms with E-state index in [1.807, 2.05) is 18.2 Å². The van der Waals surface area contributed by atoms with Crippen LogP contribution in [-0.2, 0) is 17.6 Å². The van der Waals surface area contributed by atoms with Crippen LogP contribution in [0.1, 0.15) is 53.4 Å². The normalized spacial score (nSPS) is 20.5. The quantitative estimate of drug-likeness (QED) is 0.704. The lowest BCUT2D eigenvalue weighted by molar-refractivity contribution is 0.0997. The zero-order valence-corrected chi connectivity index (χ0v) is 14.3. The van der Waals surface area contributed by atoms with E-state index in [1.54, 1.807) is 11.3 Å². The largest absolute Gasteiger partial charge is 0.424 e. The van der Waals surface area contributed by atoms with E-state index >= 15 is 0 Å². The third-order valence-electron chi connectivity index (χ3n) is 4.25. The first-order chi connectivity index (χ1) is 11.8. The second-order valence-corrected chi connectivity index (χ2v) is 6.84. The molecule has 24 heavy (non-hydrogen) atoms. The van der Waals surface area contributed by atoms with E-state index < -0.39 is 0 Å². The number of aryl methyl sites for hydroxylation is 1. The lowest BCUT2D eigenvalue weighted by Gasteiger charge is -2.15. The summed E-state index contributed by atoms with van der Waals surface area (Å²) in [7, 11) is 0. The minimum Gasteiger partial charge on any atom is -0.424 e. The van der Waals surface area contributed by atoms with Crippen LogP contribution in [0.5, 0.6) is 0 Å². The van der Waals surface area contributed by atoms with Gasteiger partial charge in [-0.05, 0) is 18.4 Å². The van der Waals surface area contributed by atoms with Crippen LogP contribution in [0, 0.1) is 0 Å². The summed E-state index contributed by atoms with van der Waals surface area (Å²) in [6, 6.07) is 10.2. The molecule has 5 nitrogen and oxygen atoms in total. The third kappa shape index (κ3) is 3.12. The van der Waals surface area contributed by atoms with Gasteiger partial charge in [-0.1, -0.05) is 37.3 Å². The molecule has 0 unspecified atom stereocenters. The van der Waals surface area contributed by atoms with E-state index in [0.717, 1.165) is 29.1 Å². The Morgan fingerprint density at radius 2 is 2.08 bits per heavy atom. The number of nitrogens with zero attached hydrogens (tertiary/aromatic N) is 3. The van der Waals surface area contributed by atoms with Gasteiger partial charge in [-0.2, -0.15) is 0 Å². The Hall–Kier alpha value is -2.05. The van der Waals surface area contributed by atoms with Gasteiger partial charge in [0, 0.05) is 12.0 Å². The maximum atomic E-state index is 5.93. The lowest BCUT2D eigenvalue weighted by Crippen LogP contribution is -2.06. The van der Waals surface area contributed by atoms with Crippen LogP contribution in [0.3, 0.4) is 0 Å². The van der Waals surface area contributed by atoms with Crippen LogP contribution in [-0.4, -0.2) is 21.8 Å². The molecule has 0 bridgehead atoms. The highest BCUT2D eigenvalue weighted by atomic mass is 32.1. The Labute approximate surface area is 144 Å². The van der Waals surface area contributed by atoms with Crippen molar-refractivity contribution < 1.29 is 9.15 Å².